The highest BCUT2D eigenvalue weighted by Crippen LogP contribution is 2.03. The topological polar surface area (TPSA) is 12.9 Å². The minimum absolute atomic E-state index is 1.09. The van der Waals surface area contributed by atoms with Crippen LogP contribution in [-0.2, 0) is 0 Å². The summed E-state index contributed by atoms with van der Waals surface area (Å²) in [5, 5.41) is 0. The number of allylic oxidation sites excluding steroid dienone is 1. The molecule has 1 rings (SSSR count). The molecule has 1 radical (unpaired) electrons. The predicted octanol–water partition coefficient (Wildman–Crippen LogP) is 1.87. The Morgan fingerprint density at radius 3 is 3.25 bits per heavy atom. The van der Waals surface area contributed by atoms with Crippen molar-refractivity contribution in [2.45, 2.75) is 6.92 Å². The molecule has 0 aliphatic rings. The lowest BCUT2D eigenvalue weighted by Crippen LogP contribution is -1.56. The number of nitrogens with zero attached hydrogens (tertiary/aromatic N) is 1. The molecule has 2 heteroatoms. The summed E-state index contributed by atoms with van der Waals surface area (Å²) in [6.07, 6.45) is 6.70. The van der Waals surface area contributed by atoms with Crippen molar-refractivity contribution in [3.63, 3.8) is 0 Å². The SMILES string of the molecule is CC=[C]c1cncs1. The second-order valence-corrected chi connectivity index (χ2v) is 2.19. The normalized spacial score (nSPS) is 10.6. The summed E-state index contributed by atoms with van der Waals surface area (Å²) in [5.41, 5.74) is 1.80. The highest BCUT2D eigenvalue weighted by molar-refractivity contribution is 7.09. The molecule has 0 saturated heterocycles. The third-order valence-corrected chi connectivity index (χ3v) is 1.42. The third kappa shape index (κ3) is 1.17. The first-order chi connectivity index (χ1) is 3.93. The van der Waals surface area contributed by atoms with E-state index < -0.39 is 0 Å². The van der Waals surface area contributed by atoms with Gasteiger partial charge in [0.05, 0.1) is 10.4 Å². The first-order valence-electron chi connectivity index (χ1n) is 2.36. The molecule has 0 amide bonds. The Balaban J connectivity index is 2.77. The summed E-state index contributed by atoms with van der Waals surface area (Å²) in [5.74, 6) is 0. The Hall–Kier alpha value is -0.630. The molecule has 0 spiro atoms. The maximum absolute atomic E-state index is 3.88. The number of hydrogen-bond acceptors (Lipinski definition) is 2. The molecule has 0 atom stereocenters. The van der Waals surface area contributed by atoms with Gasteiger partial charge in [0.15, 0.2) is 0 Å². The molecular weight excluding hydrogens is 118 g/mol. The third-order valence-electron chi connectivity index (χ3n) is 0.719. The number of rotatable bonds is 1. The molecule has 41 valence electrons. The number of hydrogen-bond donors (Lipinski definition) is 0. The fourth-order valence-electron chi connectivity index (χ4n) is 0.429. The fraction of sp³-hybridized carbons (Fsp3) is 0.167. The van der Waals surface area contributed by atoms with Crippen LogP contribution in [0.5, 0.6) is 0 Å². The van der Waals surface area contributed by atoms with Gasteiger partial charge in [-0.1, -0.05) is 6.08 Å². The van der Waals surface area contributed by atoms with Crippen LogP contribution in [0.25, 0.3) is 0 Å². The molecule has 1 aromatic heterocycles. The zero-order valence-corrected chi connectivity index (χ0v) is 5.40. The Labute approximate surface area is 52.7 Å². The van der Waals surface area contributed by atoms with Gasteiger partial charge < -0.3 is 0 Å². The van der Waals surface area contributed by atoms with E-state index in [0.717, 1.165) is 4.88 Å². The maximum atomic E-state index is 3.88. The Kier molecular flexibility index (Phi) is 1.80. The second-order valence-electron chi connectivity index (χ2n) is 1.30. The minimum atomic E-state index is 1.09. The highest BCUT2D eigenvalue weighted by Gasteiger charge is 1.82. The van der Waals surface area contributed by atoms with Gasteiger partial charge in [0.2, 0.25) is 0 Å². The summed E-state index contributed by atoms with van der Waals surface area (Å²) >= 11 is 1.59. The van der Waals surface area contributed by atoms with Gasteiger partial charge in [-0.2, -0.15) is 0 Å². The monoisotopic (exact) mass is 124 g/mol. The molecule has 0 fully saturated rings. The van der Waals surface area contributed by atoms with Crippen molar-refractivity contribution in [1.82, 2.24) is 4.98 Å². The van der Waals surface area contributed by atoms with E-state index in [1.165, 1.54) is 0 Å². The standard InChI is InChI=1S/C6H6NS/c1-2-3-6-4-7-5-8-6/h2,4-5H,1H3. The van der Waals surface area contributed by atoms with Gasteiger partial charge in [0.25, 0.3) is 0 Å². The van der Waals surface area contributed by atoms with Crippen molar-refractivity contribution in [2.24, 2.45) is 0 Å². The zero-order chi connectivity index (χ0) is 5.82. The van der Waals surface area contributed by atoms with E-state index in [0.29, 0.717) is 0 Å². The van der Waals surface area contributed by atoms with E-state index in [4.69, 9.17) is 0 Å². The summed E-state index contributed by atoms with van der Waals surface area (Å²) in [6.45, 7) is 1.94. The first kappa shape index (κ1) is 5.51. The van der Waals surface area contributed by atoms with Crippen LogP contribution in [0.4, 0.5) is 0 Å². The molecule has 1 aromatic rings. The minimum Gasteiger partial charge on any atom is -0.252 e. The largest absolute Gasteiger partial charge is 0.252 e. The predicted molar refractivity (Wildman–Crippen MR) is 34.7 cm³/mol. The van der Waals surface area contributed by atoms with E-state index >= 15 is 0 Å². The van der Waals surface area contributed by atoms with Gasteiger partial charge in [0.1, 0.15) is 0 Å². The lowest BCUT2D eigenvalue weighted by Gasteiger charge is -1.71. The van der Waals surface area contributed by atoms with Gasteiger partial charge in [-0.25, -0.2) is 0 Å². The van der Waals surface area contributed by atoms with Crippen LogP contribution < -0.4 is 0 Å². The van der Waals surface area contributed by atoms with Crippen LogP contribution in [0, 0.1) is 6.08 Å². The van der Waals surface area contributed by atoms with E-state index in [9.17, 15) is 0 Å². The average Bonchev–Trinajstić information content (AvgIpc) is 2.19. The van der Waals surface area contributed by atoms with Crippen LogP contribution in [0.3, 0.4) is 0 Å². The molecular formula is C6H6NS. The van der Waals surface area contributed by atoms with Crippen LogP contribution in [0.2, 0.25) is 0 Å². The quantitative estimate of drug-likeness (QED) is 0.557. The fourth-order valence-corrected chi connectivity index (χ4v) is 0.972. The molecule has 8 heavy (non-hydrogen) atoms. The lowest BCUT2D eigenvalue weighted by molar-refractivity contribution is 1.40. The molecule has 0 aromatic carbocycles. The van der Waals surface area contributed by atoms with Crippen molar-refractivity contribution in [2.75, 3.05) is 0 Å². The Morgan fingerprint density at radius 2 is 2.75 bits per heavy atom. The smallest absolute Gasteiger partial charge is 0.0797 e. The van der Waals surface area contributed by atoms with Crippen molar-refractivity contribution >= 4 is 11.3 Å². The summed E-state index contributed by atoms with van der Waals surface area (Å²) in [7, 11) is 0. The van der Waals surface area contributed by atoms with E-state index in [-0.39, 0.29) is 0 Å². The first-order valence-corrected chi connectivity index (χ1v) is 3.24. The van der Waals surface area contributed by atoms with Crippen molar-refractivity contribution < 1.29 is 0 Å². The van der Waals surface area contributed by atoms with Gasteiger partial charge >= 0.3 is 0 Å². The molecule has 0 bridgehead atoms. The molecule has 0 unspecified atom stereocenters. The van der Waals surface area contributed by atoms with Crippen molar-refractivity contribution in [3.05, 3.63) is 28.7 Å². The molecule has 0 aliphatic heterocycles. The van der Waals surface area contributed by atoms with Crippen LogP contribution in [0.15, 0.2) is 17.8 Å². The number of thiazole rings is 1. The molecule has 0 aliphatic carbocycles. The second kappa shape index (κ2) is 2.62. The van der Waals surface area contributed by atoms with Crippen LogP contribution in [0.1, 0.15) is 11.8 Å². The number of aromatic nitrogens is 1. The van der Waals surface area contributed by atoms with Gasteiger partial charge in [-0.3, -0.25) is 4.98 Å². The molecule has 0 saturated carbocycles. The van der Waals surface area contributed by atoms with E-state index in [1.807, 2.05) is 13.0 Å². The Bertz CT molecular complexity index is 165. The zero-order valence-electron chi connectivity index (χ0n) is 4.59. The summed E-state index contributed by atoms with van der Waals surface area (Å²) < 4.78 is 0. The maximum Gasteiger partial charge on any atom is 0.0797 e. The highest BCUT2D eigenvalue weighted by atomic mass is 32.1. The molecule has 1 heterocycles. The van der Waals surface area contributed by atoms with E-state index in [2.05, 4.69) is 11.1 Å². The van der Waals surface area contributed by atoms with Crippen molar-refractivity contribution in [3.8, 4) is 0 Å². The summed E-state index contributed by atoms with van der Waals surface area (Å²) in [4.78, 5) is 4.97. The lowest BCUT2D eigenvalue weighted by atomic mass is 10.5. The van der Waals surface area contributed by atoms with Gasteiger partial charge in [0, 0.05) is 6.20 Å². The molecule has 1 nitrogen and oxygen atoms in total. The Morgan fingerprint density at radius 1 is 1.88 bits per heavy atom. The van der Waals surface area contributed by atoms with Crippen LogP contribution in [-0.4, -0.2) is 4.98 Å². The van der Waals surface area contributed by atoms with E-state index in [1.54, 1.807) is 23.0 Å². The molecule has 0 N–H and O–H groups in total. The van der Waals surface area contributed by atoms with Gasteiger partial charge in [-0.05, 0) is 13.0 Å². The van der Waals surface area contributed by atoms with Crippen molar-refractivity contribution in [1.29, 1.82) is 0 Å². The average molecular weight is 124 g/mol. The summed E-state index contributed by atoms with van der Waals surface area (Å²) in [6, 6.07) is 0. The van der Waals surface area contributed by atoms with Gasteiger partial charge in [-0.15, -0.1) is 11.3 Å². The van der Waals surface area contributed by atoms with Crippen LogP contribution >= 0.6 is 11.3 Å².